The van der Waals surface area contributed by atoms with E-state index in [4.69, 9.17) is 4.74 Å². The van der Waals surface area contributed by atoms with Crippen LogP contribution in [0.15, 0.2) is 30.3 Å². The first-order chi connectivity index (χ1) is 12.0. The molecule has 0 aliphatic heterocycles. The predicted molar refractivity (Wildman–Crippen MR) is 96.0 cm³/mol. The van der Waals surface area contributed by atoms with Gasteiger partial charge in [0.25, 0.3) is 5.91 Å². The van der Waals surface area contributed by atoms with Crippen molar-refractivity contribution in [2.24, 2.45) is 0 Å². The summed E-state index contributed by atoms with van der Waals surface area (Å²) in [5, 5.41) is 19.7. The van der Waals surface area contributed by atoms with Crippen LogP contribution < -0.4 is 10.1 Å². The van der Waals surface area contributed by atoms with Crippen LogP contribution in [-0.4, -0.2) is 33.4 Å². The molecule has 1 saturated carbocycles. The molecular formula is C19H25N3O3. The first-order valence-corrected chi connectivity index (χ1v) is 8.84. The number of anilines is 1. The average Bonchev–Trinajstić information content (AvgIpc) is 3.09. The standard InChI is InChI=1S/C19H25N3O3/c1-12(2)15-11-16(22-21-15)19(24)20-13-7-9-14(10-8-13)25-18-6-4-3-5-17(18)23/h7-12,17-18,23H,3-6H2,1-2H3,(H,20,24)(H,21,22). The normalized spacial score (nSPS) is 20.5. The third kappa shape index (κ3) is 4.39. The van der Waals surface area contributed by atoms with E-state index in [9.17, 15) is 9.90 Å². The van der Waals surface area contributed by atoms with Crippen molar-refractivity contribution in [3.63, 3.8) is 0 Å². The molecule has 1 amide bonds. The van der Waals surface area contributed by atoms with Crippen molar-refractivity contribution < 1.29 is 14.6 Å². The Morgan fingerprint density at radius 2 is 2.00 bits per heavy atom. The van der Waals surface area contributed by atoms with Crippen LogP contribution >= 0.6 is 0 Å². The number of H-pyrrole nitrogens is 1. The number of hydrogen-bond acceptors (Lipinski definition) is 4. The van der Waals surface area contributed by atoms with Crippen molar-refractivity contribution in [3.8, 4) is 5.75 Å². The second-order valence-electron chi connectivity index (χ2n) is 6.85. The van der Waals surface area contributed by atoms with Crippen LogP contribution in [0.2, 0.25) is 0 Å². The second-order valence-corrected chi connectivity index (χ2v) is 6.85. The molecule has 0 spiro atoms. The summed E-state index contributed by atoms with van der Waals surface area (Å²) in [5.74, 6) is 0.742. The van der Waals surface area contributed by atoms with E-state index in [0.717, 1.165) is 31.4 Å². The summed E-state index contributed by atoms with van der Waals surface area (Å²) in [6, 6.07) is 8.96. The summed E-state index contributed by atoms with van der Waals surface area (Å²) in [7, 11) is 0. The van der Waals surface area contributed by atoms with Crippen LogP contribution in [0.5, 0.6) is 5.75 Å². The number of carbonyl (C=O) groups excluding carboxylic acids is 1. The first kappa shape index (κ1) is 17.5. The number of carbonyl (C=O) groups is 1. The third-order valence-corrected chi connectivity index (χ3v) is 4.52. The van der Waals surface area contributed by atoms with E-state index < -0.39 is 6.10 Å². The van der Waals surface area contributed by atoms with Gasteiger partial charge in [0.05, 0.1) is 6.10 Å². The lowest BCUT2D eigenvalue weighted by molar-refractivity contribution is 0.00688. The monoisotopic (exact) mass is 343 g/mol. The minimum atomic E-state index is -0.400. The lowest BCUT2D eigenvalue weighted by atomic mass is 9.95. The Kier molecular flexibility index (Phi) is 5.38. The van der Waals surface area contributed by atoms with E-state index in [0.29, 0.717) is 23.0 Å². The van der Waals surface area contributed by atoms with Gasteiger partial charge in [-0.2, -0.15) is 5.10 Å². The molecule has 1 aromatic heterocycles. The molecule has 3 rings (SSSR count). The molecule has 1 aromatic carbocycles. The highest BCUT2D eigenvalue weighted by Crippen LogP contribution is 2.25. The molecule has 134 valence electrons. The molecule has 1 heterocycles. The SMILES string of the molecule is CC(C)c1cc(C(=O)Nc2ccc(OC3CCCCC3O)cc2)n[nH]1. The Labute approximate surface area is 147 Å². The van der Waals surface area contributed by atoms with Crippen LogP contribution in [0.4, 0.5) is 5.69 Å². The second kappa shape index (κ2) is 7.70. The molecule has 0 radical (unpaired) electrons. The van der Waals surface area contributed by atoms with Crippen LogP contribution in [-0.2, 0) is 0 Å². The smallest absolute Gasteiger partial charge is 0.276 e. The fourth-order valence-corrected chi connectivity index (χ4v) is 2.95. The van der Waals surface area contributed by atoms with Gasteiger partial charge in [-0.25, -0.2) is 0 Å². The van der Waals surface area contributed by atoms with Gasteiger partial charge in [0.15, 0.2) is 5.69 Å². The maximum Gasteiger partial charge on any atom is 0.276 e. The number of ether oxygens (including phenoxy) is 1. The molecule has 0 saturated heterocycles. The molecule has 6 heteroatoms. The van der Waals surface area contributed by atoms with E-state index in [-0.39, 0.29) is 12.0 Å². The largest absolute Gasteiger partial charge is 0.488 e. The summed E-state index contributed by atoms with van der Waals surface area (Å²) < 4.78 is 5.86. The van der Waals surface area contributed by atoms with E-state index in [1.165, 1.54) is 0 Å². The number of benzene rings is 1. The van der Waals surface area contributed by atoms with Crippen molar-refractivity contribution in [1.82, 2.24) is 10.2 Å². The first-order valence-electron chi connectivity index (χ1n) is 8.84. The molecule has 2 aromatic rings. The van der Waals surface area contributed by atoms with Crippen molar-refractivity contribution in [2.75, 3.05) is 5.32 Å². The lowest BCUT2D eigenvalue weighted by Gasteiger charge is -2.28. The van der Waals surface area contributed by atoms with E-state index in [2.05, 4.69) is 15.5 Å². The maximum absolute atomic E-state index is 12.2. The van der Waals surface area contributed by atoms with Gasteiger partial charge < -0.3 is 15.2 Å². The van der Waals surface area contributed by atoms with E-state index in [1.54, 1.807) is 30.3 Å². The summed E-state index contributed by atoms with van der Waals surface area (Å²) in [4.78, 5) is 12.2. The molecule has 1 aliphatic rings. The zero-order valence-electron chi connectivity index (χ0n) is 14.7. The topological polar surface area (TPSA) is 87.2 Å². The minimum absolute atomic E-state index is 0.146. The lowest BCUT2D eigenvalue weighted by Crippen LogP contribution is -2.34. The van der Waals surface area contributed by atoms with Crippen molar-refractivity contribution in [3.05, 3.63) is 41.7 Å². The van der Waals surface area contributed by atoms with Gasteiger partial charge in [-0.1, -0.05) is 20.3 Å². The van der Waals surface area contributed by atoms with Gasteiger partial charge in [-0.3, -0.25) is 9.89 Å². The van der Waals surface area contributed by atoms with Gasteiger partial charge in [0.2, 0.25) is 0 Å². The molecule has 3 N–H and O–H groups in total. The molecule has 6 nitrogen and oxygen atoms in total. The van der Waals surface area contributed by atoms with Gasteiger partial charge in [-0.05, 0) is 55.5 Å². The van der Waals surface area contributed by atoms with Crippen molar-refractivity contribution in [2.45, 2.75) is 57.7 Å². The number of aromatic amines is 1. The fraction of sp³-hybridized carbons (Fsp3) is 0.474. The average molecular weight is 343 g/mol. The third-order valence-electron chi connectivity index (χ3n) is 4.52. The zero-order chi connectivity index (χ0) is 17.8. The summed E-state index contributed by atoms with van der Waals surface area (Å²) >= 11 is 0. The number of amides is 1. The number of aliphatic hydroxyl groups excluding tert-OH is 1. The molecule has 2 unspecified atom stereocenters. The molecular weight excluding hydrogens is 318 g/mol. The van der Waals surface area contributed by atoms with Crippen LogP contribution in [0.25, 0.3) is 0 Å². The molecule has 1 fully saturated rings. The van der Waals surface area contributed by atoms with E-state index in [1.807, 2.05) is 13.8 Å². The Morgan fingerprint density at radius 3 is 2.64 bits per heavy atom. The number of aliphatic hydroxyl groups is 1. The Morgan fingerprint density at radius 1 is 1.28 bits per heavy atom. The Bertz CT molecular complexity index is 709. The van der Waals surface area contributed by atoms with E-state index >= 15 is 0 Å². The summed E-state index contributed by atoms with van der Waals surface area (Å²) in [5.41, 5.74) is 1.98. The maximum atomic E-state index is 12.2. The number of hydrogen-bond donors (Lipinski definition) is 3. The van der Waals surface area contributed by atoms with Crippen molar-refractivity contribution in [1.29, 1.82) is 0 Å². The minimum Gasteiger partial charge on any atom is -0.488 e. The zero-order valence-corrected chi connectivity index (χ0v) is 14.7. The number of nitrogens with zero attached hydrogens (tertiary/aromatic N) is 1. The van der Waals surface area contributed by atoms with Crippen LogP contribution in [0, 0.1) is 0 Å². The molecule has 1 aliphatic carbocycles. The Balaban J connectivity index is 1.59. The van der Waals surface area contributed by atoms with Crippen molar-refractivity contribution >= 4 is 11.6 Å². The highest BCUT2D eigenvalue weighted by molar-refractivity contribution is 6.02. The summed E-state index contributed by atoms with van der Waals surface area (Å²) in [6.45, 7) is 4.08. The summed E-state index contributed by atoms with van der Waals surface area (Å²) in [6.07, 6.45) is 3.25. The highest BCUT2D eigenvalue weighted by Gasteiger charge is 2.24. The molecule has 0 bridgehead atoms. The van der Waals surface area contributed by atoms with Gasteiger partial charge in [0.1, 0.15) is 11.9 Å². The fourth-order valence-electron chi connectivity index (χ4n) is 2.95. The number of rotatable bonds is 5. The quantitative estimate of drug-likeness (QED) is 0.776. The highest BCUT2D eigenvalue weighted by atomic mass is 16.5. The van der Waals surface area contributed by atoms with Crippen LogP contribution in [0.3, 0.4) is 0 Å². The number of aromatic nitrogens is 2. The van der Waals surface area contributed by atoms with Gasteiger partial charge >= 0.3 is 0 Å². The number of nitrogens with one attached hydrogen (secondary N) is 2. The predicted octanol–water partition coefficient (Wildman–Crippen LogP) is 3.47. The van der Waals surface area contributed by atoms with Crippen LogP contribution in [0.1, 0.15) is 61.6 Å². The Hall–Kier alpha value is -2.34. The molecule has 2 atom stereocenters. The molecule has 25 heavy (non-hydrogen) atoms. The van der Waals surface area contributed by atoms with Gasteiger partial charge in [0, 0.05) is 11.4 Å². The van der Waals surface area contributed by atoms with Gasteiger partial charge in [-0.15, -0.1) is 0 Å².